The number of thiophene rings is 1. The second kappa shape index (κ2) is 5.62. The lowest BCUT2D eigenvalue weighted by Gasteiger charge is -2.44. The van der Waals surface area contributed by atoms with Crippen molar-refractivity contribution < 1.29 is 14.6 Å². The van der Waals surface area contributed by atoms with Crippen LogP contribution in [-0.2, 0) is 16.8 Å². The maximum atomic E-state index is 12.6. The van der Waals surface area contributed by atoms with Crippen LogP contribution in [0.1, 0.15) is 33.8 Å². The van der Waals surface area contributed by atoms with E-state index in [0.717, 1.165) is 25.9 Å². The summed E-state index contributed by atoms with van der Waals surface area (Å²) in [5.74, 6) is -0.272. The molecule has 4 rings (SSSR count). The number of likely N-dealkylation sites (tertiary alicyclic amines) is 1. The number of amides is 1. The van der Waals surface area contributed by atoms with Gasteiger partial charge in [-0.05, 0) is 42.0 Å². The van der Waals surface area contributed by atoms with Gasteiger partial charge in [-0.1, -0.05) is 0 Å². The molecule has 0 aliphatic carbocycles. The largest absolute Gasteiger partial charge is 0.505 e. The van der Waals surface area contributed by atoms with E-state index < -0.39 is 0 Å². The number of pyridine rings is 1. The van der Waals surface area contributed by atoms with Crippen molar-refractivity contribution in [3.8, 4) is 5.75 Å². The van der Waals surface area contributed by atoms with Crippen LogP contribution in [0.4, 0.5) is 0 Å². The highest BCUT2D eigenvalue weighted by molar-refractivity contribution is 7.10. The molecule has 1 fully saturated rings. The van der Waals surface area contributed by atoms with E-state index in [1.807, 2.05) is 0 Å². The zero-order chi connectivity index (χ0) is 15.9. The molecule has 2 aromatic rings. The van der Waals surface area contributed by atoms with E-state index in [-0.39, 0.29) is 23.0 Å². The lowest BCUT2D eigenvalue weighted by molar-refractivity contribution is -0.0927. The number of piperidine rings is 1. The lowest BCUT2D eigenvalue weighted by atomic mass is 9.82. The molecule has 0 bridgehead atoms. The van der Waals surface area contributed by atoms with Crippen LogP contribution >= 0.6 is 11.3 Å². The number of hydrogen-bond acceptors (Lipinski definition) is 5. The van der Waals surface area contributed by atoms with Crippen molar-refractivity contribution in [2.45, 2.75) is 24.9 Å². The zero-order valence-corrected chi connectivity index (χ0v) is 13.5. The Labute approximate surface area is 138 Å². The van der Waals surface area contributed by atoms with Gasteiger partial charge in [-0.3, -0.25) is 4.79 Å². The Morgan fingerprint density at radius 2 is 2.17 bits per heavy atom. The summed E-state index contributed by atoms with van der Waals surface area (Å²) in [7, 11) is 0. The van der Waals surface area contributed by atoms with Crippen molar-refractivity contribution in [1.82, 2.24) is 9.88 Å². The molecular formula is C17H18N2O3S. The number of nitrogens with zero attached hydrogens (tertiary/aromatic N) is 2. The second-order valence-corrected chi connectivity index (χ2v) is 7.01. The average molecular weight is 330 g/mol. The Morgan fingerprint density at radius 1 is 1.35 bits per heavy atom. The second-order valence-electron chi connectivity index (χ2n) is 6.01. The molecule has 0 aromatic carbocycles. The van der Waals surface area contributed by atoms with Crippen molar-refractivity contribution >= 4 is 17.2 Å². The molecule has 1 N–H and O–H groups in total. The number of aromatic nitrogens is 1. The van der Waals surface area contributed by atoms with Crippen LogP contribution in [0.5, 0.6) is 5.75 Å². The maximum absolute atomic E-state index is 12.6. The zero-order valence-electron chi connectivity index (χ0n) is 12.7. The monoisotopic (exact) mass is 330 g/mol. The Bertz CT molecular complexity index is 735. The third kappa shape index (κ3) is 2.42. The summed E-state index contributed by atoms with van der Waals surface area (Å²) in [5.41, 5.74) is 1.20. The lowest BCUT2D eigenvalue weighted by Crippen LogP contribution is -2.48. The Kier molecular flexibility index (Phi) is 3.58. The third-order valence-electron chi connectivity index (χ3n) is 4.79. The Morgan fingerprint density at radius 3 is 2.96 bits per heavy atom. The summed E-state index contributed by atoms with van der Waals surface area (Å²) in [6.07, 6.45) is 4.09. The fraction of sp³-hybridized carbons (Fsp3) is 0.412. The fourth-order valence-electron chi connectivity index (χ4n) is 3.55. The molecule has 23 heavy (non-hydrogen) atoms. The first kappa shape index (κ1) is 14.7. The van der Waals surface area contributed by atoms with Crippen LogP contribution in [0.3, 0.4) is 0 Å². The number of carbonyl (C=O) groups is 1. The van der Waals surface area contributed by atoms with Gasteiger partial charge in [0.25, 0.3) is 5.91 Å². The molecule has 2 aliphatic heterocycles. The van der Waals surface area contributed by atoms with Gasteiger partial charge in [0.15, 0.2) is 5.69 Å². The molecule has 0 radical (unpaired) electrons. The first-order valence-corrected chi connectivity index (χ1v) is 8.72. The van der Waals surface area contributed by atoms with Crippen molar-refractivity contribution in [3.63, 3.8) is 0 Å². The van der Waals surface area contributed by atoms with Crippen LogP contribution in [0, 0.1) is 0 Å². The highest BCUT2D eigenvalue weighted by atomic mass is 32.1. The Balaban J connectivity index is 1.52. The molecule has 0 saturated carbocycles. The van der Waals surface area contributed by atoms with E-state index >= 15 is 0 Å². The van der Waals surface area contributed by atoms with Gasteiger partial charge in [-0.25, -0.2) is 4.98 Å². The van der Waals surface area contributed by atoms with E-state index in [0.29, 0.717) is 13.1 Å². The summed E-state index contributed by atoms with van der Waals surface area (Å²) >= 11 is 1.80. The van der Waals surface area contributed by atoms with Crippen molar-refractivity contribution in [2.75, 3.05) is 19.7 Å². The van der Waals surface area contributed by atoms with E-state index in [2.05, 4.69) is 16.4 Å². The fourth-order valence-corrected chi connectivity index (χ4v) is 4.50. The minimum atomic E-state index is -0.240. The number of rotatable bonds is 1. The summed E-state index contributed by atoms with van der Waals surface area (Å²) < 4.78 is 6.15. The number of fused-ring (bicyclic) bond motifs is 2. The quantitative estimate of drug-likeness (QED) is 0.873. The summed E-state index contributed by atoms with van der Waals surface area (Å²) in [4.78, 5) is 19.7. The van der Waals surface area contributed by atoms with Crippen LogP contribution in [0.2, 0.25) is 0 Å². The molecule has 1 amide bonds. The van der Waals surface area contributed by atoms with Gasteiger partial charge in [-0.2, -0.15) is 0 Å². The van der Waals surface area contributed by atoms with Crippen molar-refractivity contribution in [3.05, 3.63) is 45.9 Å². The molecule has 2 aliphatic rings. The van der Waals surface area contributed by atoms with Crippen molar-refractivity contribution in [1.29, 1.82) is 0 Å². The summed E-state index contributed by atoms with van der Waals surface area (Å²) in [5, 5.41) is 12.0. The van der Waals surface area contributed by atoms with Crippen LogP contribution < -0.4 is 0 Å². The average Bonchev–Trinajstić information content (AvgIpc) is 3.06. The molecule has 120 valence electrons. The van der Waals surface area contributed by atoms with E-state index in [9.17, 15) is 9.90 Å². The molecular weight excluding hydrogens is 312 g/mol. The molecule has 0 atom stereocenters. The molecule has 1 spiro atoms. The molecule has 2 aromatic heterocycles. The standard InChI is InChI=1S/C17H18N2O3S/c20-13-2-1-7-18-15(13)16(21)19-8-5-17(6-9-19)12-4-11-23-14(12)3-10-22-17/h1-2,4,7,11,20H,3,5-6,8-10H2. The topological polar surface area (TPSA) is 62.7 Å². The third-order valence-corrected chi connectivity index (χ3v) is 5.77. The number of ether oxygens (including phenoxy) is 1. The summed E-state index contributed by atoms with van der Waals surface area (Å²) in [6, 6.07) is 5.28. The number of aromatic hydroxyl groups is 1. The van der Waals surface area contributed by atoms with Gasteiger partial charge < -0.3 is 14.7 Å². The van der Waals surface area contributed by atoms with Crippen LogP contribution in [-0.4, -0.2) is 40.6 Å². The van der Waals surface area contributed by atoms with E-state index in [4.69, 9.17) is 4.74 Å². The minimum absolute atomic E-state index is 0.0631. The SMILES string of the molecule is O=C(c1ncccc1O)N1CCC2(CC1)OCCc1sccc12. The predicted octanol–water partition coefficient (Wildman–Crippen LogP) is 2.55. The van der Waals surface area contributed by atoms with Gasteiger partial charge in [0, 0.05) is 30.6 Å². The Hall–Kier alpha value is -1.92. The van der Waals surface area contributed by atoms with Crippen LogP contribution in [0.15, 0.2) is 29.8 Å². The normalized spacial score (nSPS) is 19.6. The highest BCUT2D eigenvalue weighted by Gasteiger charge is 2.42. The maximum Gasteiger partial charge on any atom is 0.276 e. The predicted molar refractivity (Wildman–Crippen MR) is 86.7 cm³/mol. The minimum Gasteiger partial charge on any atom is -0.505 e. The number of carbonyl (C=O) groups excluding carboxylic acids is 1. The first-order valence-electron chi connectivity index (χ1n) is 7.84. The molecule has 4 heterocycles. The van der Waals surface area contributed by atoms with Crippen LogP contribution in [0.25, 0.3) is 0 Å². The molecule has 0 unspecified atom stereocenters. The van der Waals surface area contributed by atoms with Gasteiger partial charge in [0.1, 0.15) is 5.75 Å². The van der Waals surface area contributed by atoms with Gasteiger partial charge in [0.2, 0.25) is 0 Å². The first-order chi connectivity index (χ1) is 11.2. The van der Waals surface area contributed by atoms with Gasteiger partial charge in [0.05, 0.1) is 12.2 Å². The highest BCUT2D eigenvalue weighted by Crippen LogP contribution is 2.43. The van der Waals surface area contributed by atoms with Gasteiger partial charge >= 0.3 is 0 Å². The molecule has 5 nitrogen and oxygen atoms in total. The summed E-state index contributed by atoms with van der Waals surface area (Å²) in [6.45, 7) is 1.98. The van der Waals surface area contributed by atoms with Crippen molar-refractivity contribution in [2.24, 2.45) is 0 Å². The smallest absolute Gasteiger partial charge is 0.276 e. The van der Waals surface area contributed by atoms with E-state index in [1.54, 1.807) is 22.3 Å². The number of hydrogen-bond donors (Lipinski definition) is 1. The van der Waals surface area contributed by atoms with Gasteiger partial charge in [-0.15, -0.1) is 11.3 Å². The van der Waals surface area contributed by atoms with E-state index in [1.165, 1.54) is 22.7 Å². The molecule has 6 heteroatoms. The molecule has 1 saturated heterocycles.